The van der Waals surface area contributed by atoms with Gasteiger partial charge in [0.15, 0.2) is 0 Å². The number of hydrogen-bond donors (Lipinski definition) is 0. The van der Waals surface area contributed by atoms with Crippen LogP contribution in [0, 0.1) is 0 Å². The number of rotatable bonds is 19. The minimum atomic E-state index is -0.181. The number of hydrogen-bond acceptors (Lipinski definition) is 2. The summed E-state index contributed by atoms with van der Waals surface area (Å²) in [5, 5.41) is 0. The summed E-state index contributed by atoms with van der Waals surface area (Å²) in [6.07, 6.45) is 25.3. The highest BCUT2D eigenvalue weighted by molar-refractivity contribution is 5.82. The van der Waals surface area contributed by atoms with Crippen LogP contribution in [0.2, 0.25) is 0 Å². The second kappa shape index (κ2) is 20.5. The Balaban J connectivity index is 3.82. The van der Waals surface area contributed by atoms with Gasteiger partial charge in [-0.15, -0.1) is 0 Å². The number of carbonyl (C=O) groups is 1. The second-order valence-corrected chi connectivity index (χ2v) is 7.78. The van der Waals surface area contributed by atoms with Gasteiger partial charge in [-0.25, -0.2) is 4.79 Å². The van der Waals surface area contributed by atoms with E-state index in [0.29, 0.717) is 0 Å². The van der Waals surface area contributed by atoms with Gasteiger partial charge < -0.3 is 4.74 Å². The van der Waals surface area contributed by atoms with Crippen LogP contribution in [0.15, 0.2) is 11.6 Å². The molecule has 2 heteroatoms. The van der Waals surface area contributed by atoms with Crippen molar-refractivity contribution in [3.63, 3.8) is 0 Å². The van der Waals surface area contributed by atoms with Gasteiger partial charge in [-0.1, -0.05) is 109 Å². The van der Waals surface area contributed by atoms with Crippen LogP contribution in [0.1, 0.15) is 129 Å². The third-order valence-electron chi connectivity index (χ3n) is 5.23. The number of esters is 1. The predicted molar refractivity (Wildman–Crippen MR) is 115 cm³/mol. The van der Waals surface area contributed by atoms with Gasteiger partial charge in [0.25, 0.3) is 0 Å². The molecule has 0 bridgehead atoms. The number of ether oxygens (including phenoxy) is 1. The summed E-state index contributed by atoms with van der Waals surface area (Å²) < 4.78 is 4.83. The first-order valence-electron chi connectivity index (χ1n) is 11.5. The van der Waals surface area contributed by atoms with Crippen molar-refractivity contribution in [1.82, 2.24) is 0 Å². The molecule has 0 spiro atoms. The molecule has 0 saturated heterocycles. The summed E-state index contributed by atoms with van der Waals surface area (Å²) in [5.74, 6) is -0.181. The van der Waals surface area contributed by atoms with Gasteiger partial charge in [-0.2, -0.15) is 0 Å². The maximum absolute atomic E-state index is 11.6. The zero-order chi connectivity index (χ0) is 19.3. The lowest BCUT2D eigenvalue weighted by Crippen LogP contribution is -1.98. The fourth-order valence-corrected chi connectivity index (χ4v) is 3.47. The molecule has 0 N–H and O–H groups in total. The van der Waals surface area contributed by atoms with Crippen molar-refractivity contribution >= 4 is 5.97 Å². The topological polar surface area (TPSA) is 26.3 Å². The fraction of sp³-hybridized carbons (Fsp3) is 0.875. The van der Waals surface area contributed by atoms with E-state index in [1.807, 2.05) is 0 Å². The highest BCUT2D eigenvalue weighted by Gasteiger charge is 2.03. The number of methoxy groups -OCH3 is 1. The summed E-state index contributed by atoms with van der Waals surface area (Å²) in [7, 11) is 1.48. The van der Waals surface area contributed by atoms with E-state index in [0.717, 1.165) is 12.8 Å². The minimum absolute atomic E-state index is 0.181. The van der Waals surface area contributed by atoms with Crippen molar-refractivity contribution in [2.24, 2.45) is 0 Å². The van der Waals surface area contributed by atoms with E-state index in [-0.39, 0.29) is 5.97 Å². The van der Waals surface area contributed by atoms with Crippen LogP contribution >= 0.6 is 0 Å². The monoisotopic (exact) mass is 366 g/mol. The Kier molecular flexibility index (Phi) is 19.9. The molecule has 0 unspecified atom stereocenters. The lowest BCUT2D eigenvalue weighted by Gasteiger charge is -2.08. The summed E-state index contributed by atoms with van der Waals surface area (Å²) >= 11 is 0. The Morgan fingerprint density at radius 2 is 0.962 bits per heavy atom. The van der Waals surface area contributed by atoms with Crippen LogP contribution in [-0.2, 0) is 9.53 Å². The largest absolute Gasteiger partial charge is 0.466 e. The number of unbranched alkanes of at least 4 members (excludes halogenated alkanes) is 14. The minimum Gasteiger partial charge on any atom is -0.466 e. The molecule has 154 valence electrons. The van der Waals surface area contributed by atoms with E-state index in [9.17, 15) is 4.79 Å². The van der Waals surface area contributed by atoms with Crippen molar-refractivity contribution in [1.29, 1.82) is 0 Å². The van der Waals surface area contributed by atoms with Gasteiger partial charge in [0.1, 0.15) is 0 Å². The molecule has 2 nitrogen and oxygen atoms in total. The number of allylic oxidation sites excluding steroid dienone is 1. The third kappa shape index (κ3) is 18.0. The zero-order valence-electron chi connectivity index (χ0n) is 18.1. The molecule has 26 heavy (non-hydrogen) atoms. The molecule has 0 aliphatic carbocycles. The zero-order valence-corrected chi connectivity index (χ0v) is 18.1. The van der Waals surface area contributed by atoms with E-state index in [2.05, 4.69) is 13.8 Å². The third-order valence-corrected chi connectivity index (χ3v) is 5.23. The average molecular weight is 367 g/mol. The van der Waals surface area contributed by atoms with Crippen molar-refractivity contribution < 1.29 is 9.53 Å². The van der Waals surface area contributed by atoms with Crippen LogP contribution in [-0.4, -0.2) is 13.1 Å². The highest BCUT2D eigenvalue weighted by atomic mass is 16.5. The summed E-state index contributed by atoms with van der Waals surface area (Å²) in [6, 6.07) is 0. The molecule has 0 aliphatic rings. The van der Waals surface area contributed by atoms with Crippen molar-refractivity contribution in [3.05, 3.63) is 11.6 Å². The Morgan fingerprint density at radius 1 is 0.615 bits per heavy atom. The van der Waals surface area contributed by atoms with E-state index in [1.165, 1.54) is 115 Å². The molecule has 0 fully saturated rings. The number of carbonyl (C=O) groups excluding carboxylic acids is 1. The molecule has 0 aromatic rings. The average Bonchev–Trinajstić information content (AvgIpc) is 2.65. The van der Waals surface area contributed by atoms with Gasteiger partial charge in [0.2, 0.25) is 0 Å². The van der Waals surface area contributed by atoms with Crippen LogP contribution in [0.25, 0.3) is 0 Å². The maximum atomic E-state index is 11.6. The van der Waals surface area contributed by atoms with E-state index in [1.54, 1.807) is 6.08 Å². The van der Waals surface area contributed by atoms with Gasteiger partial charge in [0, 0.05) is 6.08 Å². The lowest BCUT2D eigenvalue weighted by atomic mass is 9.99. The highest BCUT2D eigenvalue weighted by Crippen LogP contribution is 2.19. The smallest absolute Gasteiger partial charge is 0.330 e. The Labute approximate surface area is 164 Å². The van der Waals surface area contributed by atoms with E-state index < -0.39 is 0 Å². The first-order valence-corrected chi connectivity index (χ1v) is 11.5. The molecule has 0 aromatic heterocycles. The molecule has 0 heterocycles. The van der Waals surface area contributed by atoms with Crippen molar-refractivity contribution in [2.45, 2.75) is 129 Å². The first-order chi connectivity index (χ1) is 12.7. The fourth-order valence-electron chi connectivity index (χ4n) is 3.47. The quantitative estimate of drug-likeness (QED) is 0.131. The van der Waals surface area contributed by atoms with E-state index in [4.69, 9.17) is 4.74 Å². The molecule has 0 atom stereocenters. The molecule has 0 aliphatic heterocycles. The van der Waals surface area contributed by atoms with Crippen molar-refractivity contribution in [2.75, 3.05) is 7.11 Å². The van der Waals surface area contributed by atoms with E-state index >= 15 is 0 Å². The SMILES string of the molecule is CCCCCCCCCCC(=CC(=O)OC)CCCCCCCCCC. The maximum Gasteiger partial charge on any atom is 0.330 e. The second-order valence-electron chi connectivity index (χ2n) is 7.78. The molecule has 0 amide bonds. The van der Waals surface area contributed by atoms with Crippen LogP contribution in [0.3, 0.4) is 0 Å². The van der Waals surface area contributed by atoms with Crippen LogP contribution < -0.4 is 0 Å². The van der Waals surface area contributed by atoms with Crippen LogP contribution in [0.5, 0.6) is 0 Å². The molecular weight excluding hydrogens is 320 g/mol. The Morgan fingerprint density at radius 3 is 1.31 bits per heavy atom. The van der Waals surface area contributed by atoms with Gasteiger partial charge in [-0.05, 0) is 25.7 Å². The van der Waals surface area contributed by atoms with Crippen molar-refractivity contribution in [3.8, 4) is 0 Å². The molecule has 0 radical (unpaired) electrons. The normalized spacial score (nSPS) is 10.7. The first kappa shape index (κ1) is 25.2. The van der Waals surface area contributed by atoms with Crippen LogP contribution in [0.4, 0.5) is 0 Å². The molecule has 0 rings (SSSR count). The lowest BCUT2D eigenvalue weighted by molar-refractivity contribution is -0.134. The van der Waals surface area contributed by atoms with Gasteiger partial charge in [0.05, 0.1) is 7.11 Å². The standard InChI is InChI=1S/C24H46O2/c1-4-6-8-10-12-14-16-18-20-23(22-24(25)26-3)21-19-17-15-13-11-9-7-5-2/h22H,4-21H2,1-3H3. The Hall–Kier alpha value is -0.790. The molecular formula is C24H46O2. The van der Waals surface area contributed by atoms with Gasteiger partial charge >= 0.3 is 5.97 Å². The Bertz CT molecular complexity index is 311. The molecule has 0 aromatic carbocycles. The summed E-state index contributed by atoms with van der Waals surface area (Å²) in [4.78, 5) is 11.6. The summed E-state index contributed by atoms with van der Waals surface area (Å²) in [6.45, 7) is 4.53. The predicted octanol–water partition coefficient (Wildman–Crippen LogP) is 8.15. The molecule has 0 saturated carbocycles. The van der Waals surface area contributed by atoms with Gasteiger partial charge in [-0.3, -0.25) is 0 Å². The summed E-state index contributed by atoms with van der Waals surface area (Å²) in [5.41, 5.74) is 1.30.